The van der Waals surface area contributed by atoms with E-state index in [9.17, 15) is 27.6 Å². The first-order chi connectivity index (χ1) is 17.6. The molecule has 186 valence electrons. The first-order valence-electron chi connectivity index (χ1n) is 12.0. The average molecular weight is 502 g/mol. The minimum atomic E-state index is -4.54. The minimum absolute atomic E-state index is 0.272. The average Bonchev–Trinajstić information content (AvgIpc) is 3.30. The predicted molar refractivity (Wildman–Crippen MR) is 133 cm³/mol. The van der Waals surface area contributed by atoms with Gasteiger partial charge in [0.25, 0.3) is 0 Å². The lowest BCUT2D eigenvalue weighted by Gasteiger charge is -2.37. The van der Waals surface area contributed by atoms with Gasteiger partial charge >= 0.3 is 6.18 Å². The molecule has 37 heavy (non-hydrogen) atoms. The molecule has 0 bridgehead atoms. The van der Waals surface area contributed by atoms with E-state index < -0.39 is 46.7 Å². The summed E-state index contributed by atoms with van der Waals surface area (Å²) in [7, 11) is 0. The van der Waals surface area contributed by atoms with Crippen LogP contribution < -0.4 is 4.90 Å². The first-order valence-corrected chi connectivity index (χ1v) is 12.0. The summed E-state index contributed by atoms with van der Waals surface area (Å²) in [4.78, 5) is 43.7. The summed E-state index contributed by atoms with van der Waals surface area (Å²) in [5.74, 6) is -2.07. The number of fused-ring (bicyclic) bond motifs is 5. The molecular formula is C30H22F3NO3. The summed E-state index contributed by atoms with van der Waals surface area (Å²) >= 11 is 0. The third-order valence-corrected chi connectivity index (χ3v) is 7.98. The van der Waals surface area contributed by atoms with Crippen LogP contribution in [0.2, 0.25) is 0 Å². The second-order valence-electron chi connectivity index (χ2n) is 10.00. The summed E-state index contributed by atoms with van der Waals surface area (Å²) in [6.45, 7) is 3.32. The summed E-state index contributed by atoms with van der Waals surface area (Å²) in [6, 6.07) is 15.1. The van der Waals surface area contributed by atoms with Gasteiger partial charge < -0.3 is 4.90 Å². The quantitative estimate of drug-likeness (QED) is 0.402. The lowest BCUT2D eigenvalue weighted by molar-refractivity contribution is -0.137. The third kappa shape index (κ3) is 3.06. The number of carbonyl (C=O) groups excluding carboxylic acids is 3. The van der Waals surface area contributed by atoms with E-state index in [1.165, 1.54) is 19.1 Å². The number of halogens is 3. The van der Waals surface area contributed by atoms with Crippen LogP contribution in [0, 0.1) is 12.3 Å². The monoisotopic (exact) mass is 501 g/mol. The van der Waals surface area contributed by atoms with Gasteiger partial charge in [0, 0.05) is 22.7 Å². The van der Waals surface area contributed by atoms with Gasteiger partial charge in [-0.25, -0.2) is 0 Å². The van der Waals surface area contributed by atoms with Gasteiger partial charge in [-0.1, -0.05) is 60.7 Å². The van der Waals surface area contributed by atoms with E-state index in [1.54, 1.807) is 30.3 Å². The molecular weight excluding hydrogens is 479 g/mol. The van der Waals surface area contributed by atoms with Gasteiger partial charge in [-0.2, -0.15) is 13.2 Å². The van der Waals surface area contributed by atoms with E-state index in [-0.39, 0.29) is 16.9 Å². The van der Waals surface area contributed by atoms with Gasteiger partial charge in [0.1, 0.15) is 5.41 Å². The van der Waals surface area contributed by atoms with Crippen molar-refractivity contribution in [1.29, 1.82) is 0 Å². The van der Waals surface area contributed by atoms with E-state index in [0.717, 1.165) is 28.9 Å². The lowest BCUT2D eigenvalue weighted by Crippen LogP contribution is -2.48. The smallest absolute Gasteiger partial charge is 0.352 e. The number of ketones is 3. The maximum absolute atomic E-state index is 14.3. The van der Waals surface area contributed by atoms with E-state index >= 15 is 0 Å². The Morgan fingerprint density at radius 2 is 1.54 bits per heavy atom. The van der Waals surface area contributed by atoms with E-state index in [0.29, 0.717) is 5.56 Å². The molecule has 3 atom stereocenters. The van der Waals surface area contributed by atoms with Crippen molar-refractivity contribution in [2.75, 3.05) is 4.90 Å². The summed E-state index contributed by atoms with van der Waals surface area (Å²) in [5.41, 5.74) is 0.860. The first kappa shape index (κ1) is 23.4. The lowest BCUT2D eigenvalue weighted by atomic mass is 9.64. The highest BCUT2D eigenvalue weighted by molar-refractivity contribution is 6.32. The number of hydrogen-bond donors (Lipinski definition) is 0. The number of rotatable bonds is 2. The van der Waals surface area contributed by atoms with Crippen molar-refractivity contribution < 1.29 is 27.6 Å². The zero-order valence-electron chi connectivity index (χ0n) is 20.0. The predicted octanol–water partition coefficient (Wildman–Crippen LogP) is 6.04. The SMILES string of the molecule is CC(=O)[C@@H]1[C@@H](c2ccc(C(F)(F)F)cc2)C2(C(=O)c3ccccc3C2=O)[C@H]2C=Cc3ccc(C)cc3N12. The van der Waals surface area contributed by atoms with Crippen LogP contribution in [0.1, 0.15) is 55.8 Å². The van der Waals surface area contributed by atoms with Gasteiger partial charge in [-0.05, 0) is 48.7 Å². The standard InChI is InChI=1S/C30H22F3NO3/c1-16-7-8-18-11-14-24-29(27(36)21-5-3-4-6-22(21)28(29)37)25(26(17(2)35)34(24)23(18)15-16)19-9-12-20(13-10-19)30(31,32)33/h3-15,24-26H,1-2H3/t24-,25-,26-/m1/s1. The van der Waals surface area contributed by atoms with Gasteiger partial charge in [-0.15, -0.1) is 0 Å². The molecule has 3 aromatic carbocycles. The molecule has 3 aromatic rings. The van der Waals surface area contributed by atoms with Crippen LogP contribution in [-0.2, 0) is 11.0 Å². The van der Waals surface area contributed by atoms with Gasteiger partial charge in [0.2, 0.25) is 0 Å². The van der Waals surface area contributed by atoms with Crippen molar-refractivity contribution in [3.8, 4) is 0 Å². The van der Waals surface area contributed by atoms with Gasteiger partial charge in [-0.3, -0.25) is 14.4 Å². The molecule has 1 saturated heterocycles. The fourth-order valence-electron chi connectivity index (χ4n) is 6.48. The fourth-order valence-corrected chi connectivity index (χ4v) is 6.48. The van der Waals surface area contributed by atoms with Crippen molar-refractivity contribution >= 4 is 29.1 Å². The van der Waals surface area contributed by atoms with Crippen molar-refractivity contribution in [1.82, 2.24) is 0 Å². The molecule has 1 aliphatic carbocycles. The van der Waals surface area contributed by atoms with Crippen LogP contribution in [-0.4, -0.2) is 29.4 Å². The van der Waals surface area contributed by atoms with Crippen molar-refractivity contribution in [3.63, 3.8) is 0 Å². The number of carbonyl (C=O) groups is 3. The van der Waals surface area contributed by atoms with E-state index in [2.05, 4.69) is 0 Å². The molecule has 2 heterocycles. The Kier molecular flexibility index (Phi) is 4.90. The molecule has 1 fully saturated rings. The Bertz CT molecular complexity index is 1480. The molecule has 6 rings (SSSR count). The molecule has 0 N–H and O–H groups in total. The largest absolute Gasteiger partial charge is 0.416 e. The molecule has 0 saturated carbocycles. The number of anilines is 1. The van der Waals surface area contributed by atoms with Crippen molar-refractivity contribution in [3.05, 3.63) is 106 Å². The van der Waals surface area contributed by atoms with Crippen LogP contribution in [0.5, 0.6) is 0 Å². The Morgan fingerprint density at radius 3 is 2.11 bits per heavy atom. The number of Topliss-reactive ketones (excluding diaryl/α,β-unsaturated/α-hetero) is 3. The number of hydrogen-bond acceptors (Lipinski definition) is 4. The van der Waals surface area contributed by atoms with E-state index in [1.807, 2.05) is 36.1 Å². The number of benzene rings is 3. The summed E-state index contributed by atoms with van der Waals surface area (Å²) in [6.07, 6.45) is -0.898. The second-order valence-corrected chi connectivity index (χ2v) is 10.00. The van der Waals surface area contributed by atoms with Crippen LogP contribution in [0.15, 0.2) is 72.8 Å². The summed E-state index contributed by atoms with van der Waals surface area (Å²) in [5, 5.41) is 0. The highest BCUT2D eigenvalue weighted by Gasteiger charge is 2.71. The van der Waals surface area contributed by atoms with Crippen LogP contribution >= 0.6 is 0 Å². The molecule has 2 aliphatic heterocycles. The number of alkyl halides is 3. The van der Waals surface area contributed by atoms with Gasteiger partial charge in [0.15, 0.2) is 17.3 Å². The Morgan fingerprint density at radius 1 is 0.919 bits per heavy atom. The molecule has 7 heteroatoms. The molecule has 0 unspecified atom stereocenters. The topological polar surface area (TPSA) is 54.5 Å². The number of nitrogens with zero attached hydrogens (tertiary/aromatic N) is 1. The molecule has 0 radical (unpaired) electrons. The zero-order valence-corrected chi connectivity index (χ0v) is 20.0. The molecule has 4 nitrogen and oxygen atoms in total. The zero-order chi connectivity index (χ0) is 26.3. The van der Waals surface area contributed by atoms with Crippen LogP contribution in [0.3, 0.4) is 0 Å². The Labute approximate surface area is 211 Å². The highest BCUT2D eigenvalue weighted by atomic mass is 19.4. The Balaban J connectivity index is 1.65. The van der Waals surface area contributed by atoms with Crippen molar-refractivity contribution in [2.45, 2.75) is 38.0 Å². The molecule has 0 aromatic heterocycles. The summed E-state index contributed by atoms with van der Waals surface area (Å²) < 4.78 is 40.1. The maximum Gasteiger partial charge on any atom is 0.416 e. The Hall–Kier alpha value is -4.00. The van der Waals surface area contributed by atoms with Crippen molar-refractivity contribution in [2.24, 2.45) is 5.41 Å². The number of aryl methyl sites for hydroxylation is 1. The van der Waals surface area contributed by atoms with Crippen LogP contribution in [0.25, 0.3) is 6.08 Å². The maximum atomic E-state index is 14.3. The third-order valence-electron chi connectivity index (χ3n) is 7.98. The van der Waals surface area contributed by atoms with E-state index in [4.69, 9.17) is 0 Å². The highest BCUT2D eigenvalue weighted by Crippen LogP contribution is 2.60. The van der Waals surface area contributed by atoms with Crippen LogP contribution in [0.4, 0.5) is 18.9 Å². The van der Waals surface area contributed by atoms with Gasteiger partial charge in [0.05, 0.1) is 17.6 Å². The molecule has 1 spiro atoms. The minimum Gasteiger partial charge on any atom is -0.352 e. The normalized spacial score (nSPS) is 23.3. The molecule has 3 aliphatic rings. The fraction of sp³-hybridized carbons (Fsp3) is 0.233. The molecule has 0 amide bonds. The second kappa shape index (κ2) is 7.75.